The highest BCUT2D eigenvalue weighted by Gasteiger charge is 2.26. The minimum atomic E-state index is 0.0139. The van der Waals surface area contributed by atoms with Gasteiger partial charge in [0.2, 0.25) is 5.91 Å². The third-order valence-corrected chi connectivity index (χ3v) is 4.12. The third-order valence-electron chi connectivity index (χ3n) is 3.66. The Morgan fingerprint density at radius 2 is 1.62 bits per heavy atom. The predicted molar refractivity (Wildman–Crippen MR) is 86.2 cm³/mol. The first-order valence-electron chi connectivity index (χ1n) is 7.23. The number of aryl methyl sites for hydroxylation is 1. The van der Waals surface area contributed by atoms with Gasteiger partial charge in [0.15, 0.2) is 0 Å². The lowest BCUT2D eigenvalue weighted by Crippen LogP contribution is -2.51. The molecule has 1 aliphatic heterocycles. The number of benzene rings is 1. The van der Waals surface area contributed by atoms with E-state index in [1.165, 1.54) is 0 Å². The van der Waals surface area contributed by atoms with Crippen LogP contribution < -0.4 is 0 Å². The van der Waals surface area contributed by atoms with Gasteiger partial charge in [-0.3, -0.25) is 9.59 Å². The fourth-order valence-electron chi connectivity index (χ4n) is 2.54. The van der Waals surface area contributed by atoms with Gasteiger partial charge in [-0.2, -0.15) is 0 Å². The Labute approximate surface area is 134 Å². The smallest absolute Gasteiger partial charge is 0.254 e. The van der Waals surface area contributed by atoms with Gasteiger partial charge in [-0.1, -0.05) is 29.8 Å². The number of carbonyl (C=O) groups excluding carboxylic acids is 2. The van der Waals surface area contributed by atoms with Crippen molar-refractivity contribution in [2.45, 2.75) is 20.8 Å². The largest absolute Gasteiger partial charge is 0.339 e. The highest BCUT2D eigenvalue weighted by atomic mass is 79.9. The van der Waals surface area contributed by atoms with Crippen molar-refractivity contribution in [1.82, 2.24) is 9.80 Å². The van der Waals surface area contributed by atoms with Crippen LogP contribution in [0.2, 0.25) is 0 Å². The number of hydrogen-bond acceptors (Lipinski definition) is 2. The minimum absolute atomic E-state index is 0.0139. The number of hydrogen-bond donors (Lipinski definition) is 0. The Kier molecular flexibility index (Phi) is 5.04. The van der Waals surface area contributed by atoms with Crippen LogP contribution in [-0.2, 0) is 4.79 Å². The van der Waals surface area contributed by atoms with Gasteiger partial charge in [-0.15, -0.1) is 0 Å². The van der Waals surface area contributed by atoms with E-state index < -0.39 is 0 Å². The summed E-state index contributed by atoms with van der Waals surface area (Å²) in [6.45, 7) is 8.23. The lowest BCUT2D eigenvalue weighted by atomic mass is 10.1. The molecule has 0 aliphatic carbocycles. The van der Waals surface area contributed by atoms with Gasteiger partial charge in [0.1, 0.15) is 0 Å². The summed E-state index contributed by atoms with van der Waals surface area (Å²) in [6.07, 6.45) is 0. The van der Waals surface area contributed by atoms with Crippen LogP contribution in [0.25, 0.3) is 0 Å². The average molecular weight is 353 g/mol. The molecule has 4 nitrogen and oxygen atoms in total. The van der Waals surface area contributed by atoms with Crippen molar-refractivity contribution in [1.29, 1.82) is 0 Å². The Hall–Kier alpha value is -1.36. The Balaban J connectivity index is 2.02. The zero-order valence-corrected chi connectivity index (χ0v) is 14.3. The number of piperazine rings is 1. The summed E-state index contributed by atoms with van der Waals surface area (Å²) < 4.78 is 0.916. The molecule has 2 amide bonds. The number of nitrogens with zero attached hydrogens (tertiary/aromatic N) is 2. The molecule has 0 radical (unpaired) electrons. The van der Waals surface area contributed by atoms with Crippen LogP contribution in [-0.4, -0.2) is 47.8 Å². The third kappa shape index (κ3) is 3.84. The van der Waals surface area contributed by atoms with E-state index in [2.05, 4.69) is 15.9 Å². The summed E-state index contributed by atoms with van der Waals surface area (Å²) in [5.41, 5.74) is 1.76. The topological polar surface area (TPSA) is 40.6 Å². The van der Waals surface area contributed by atoms with Crippen molar-refractivity contribution in [3.05, 3.63) is 33.8 Å². The molecule has 0 atom stereocenters. The van der Waals surface area contributed by atoms with Crippen LogP contribution in [0, 0.1) is 12.8 Å². The van der Waals surface area contributed by atoms with E-state index in [4.69, 9.17) is 0 Å². The molecule has 5 heteroatoms. The summed E-state index contributed by atoms with van der Waals surface area (Å²) in [6, 6.07) is 5.73. The molecular weight excluding hydrogens is 332 g/mol. The lowest BCUT2D eigenvalue weighted by Gasteiger charge is -2.35. The second-order valence-electron chi connectivity index (χ2n) is 5.79. The summed E-state index contributed by atoms with van der Waals surface area (Å²) >= 11 is 3.43. The van der Waals surface area contributed by atoms with Crippen molar-refractivity contribution in [3.63, 3.8) is 0 Å². The molecule has 1 aromatic carbocycles. The van der Waals surface area contributed by atoms with Crippen molar-refractivity contribution < 1.29 is 9.59 Å². The monoisotopic (exact) mass is 352 g/mol. The first-order valence-corrected chi connectivity index (χ1v) is 8.03. The maximum absolute atomic E-state index is 12.5. The van der Waals surface area contributed by atoms with Crippen molar-refractivity contribution in [3.8, 4) is 0 Å². The van der Waals surface area contributed by atoms with Gasteiger partial charge in [0, 0.05) is 42.1 Å². The highest BCUT2D eigenvalue weighted by molar-refractivity contribution is 9.10. The summed E-state index contributed by atoms with van der Waals surface area (Å²) in [7, 11) is 0. The second kappa shape index (κ2) is 6.60. The average Bonchev–Trinajstić information content (AvgIpc) is 2.44. The number of halogens is 1. The molecule has 1 heterocycles. The van der Waals surface area contributed by atoms with Crippen LogP contribution in [0.3, 0.4) is 0 Å². The van der Waals surface area contributed by atoms with E-state index in [-0.39, 0.29) is 17.7 Å². The summed E-state index contributed by atoms with van der Waals surface area (Å²) in [5, 5.41) is 0. The van der Waals surface area contributed by atoms with Gasteiger partial charge in [-0.05, 0) is 30.7 Å². The van der Waals surface area contributed by atoms with Crippen LogP contribution in [0.5, 0.6) is 0 Å². The van der Waals surface area contributed by atoms with E-state index in [9.17, 15) is 9.59 Å². The van der Waals surface area contributed by atoms with Crippen LogP contribution in [0.15, 0.2) is 22.7 Å². The Morgan fingerprint density at radius 1 is 1.05 bits per heavy atom. The normalized spacial score (nSPS) is 15.5. The molecule has 0 spiro atoms. The standard InChI is InChI=1S/C16H21BrN2O2/c1-11(2)15(20)18-4-6-19(7-5-18)16(21)13-8-12(3)9-14(17)10-13/h8-11H,4-7H2,1-3H3. The van der Waals surface area contributed by atoms with Gasteiger partial charge in [0.05, 0.1) is 0 Å². The lowest BCUT2D eigenvalue weighted by molar-refractivity contribution is -0.135. The summed E-state index contributed by atoms with van der Waals surface area (Å²) in [4.78, 5) is 28.1. The van der Waals surface area contributed by atoms with Crippen LogP contribution in [0.4, 0.5) is 0 Å². The van der Waals surface area contributed by atoms with Crippen molar-refractivity contribution in [2.24, 2.45) is 5.92 Å². The number of carbonyl (C=O) groups is 2. The van der Waals surface area contributed by atoms with Gasteiger partial charge >= 0.3 is 0 Å². The van der Waals surface area contributed by atoms with E-state index >= 15 is 0 Å². The van der Waals surface area contributed by atoms with Crippen molar-refractivity contribution >= 4 is 27.7 Å². The molecule has 0 saturated carbocycles. The fraction of sp³-hybridized carbons (Fsp3) is 0.500. The molecule has 1 aromatic rings. The van der Waals surface area contributed by atoms with Gasteiger partial charge < -0.3 is 9.80 Å². The maximum Gasteiger partial charge on any atom is 0.254 e. The van der Waals surface area contributed by atoms with E-state index in [0.29, 0.717) is 31.7 Å². The molecule has 1 saturated heterocycles. The molecule has 114 valence electrons. The SMILES string of the molecule is Cc1cc(Br)cc(C(=O)N2CCN(C(=O)C(C)C)CC2)c1. The molecule has 0 bridgehead atoms. The fourth-order valence-corrected chi connectivity index (χ4v) is 3.15. The zero-order valence-electron chi connectivity index (χ0n) is 12.7. The van der Waals surface area contributed by atoms with E-state index in [1.54, 1.807) is 0 Å². The highest BCUT2D eigenvalue weighted by Crippen LogP contribution is 2.18. The van der Waals surface area contributed by atoms with Crippen LogP contribution >= 0.6 is 15.9 Å². The van der Waals surface area contributed by atoms with Gasteiger partial charge in [0.25, 0.3) is 5.91 Å². The maximum atomic E-state index is 12.5. The molecule has 0 aromatic heterocycles. The molecule has 2 rings (SSSR count). The molecule has 1 fully saturated rings. The molecular formula is C16H21BrN2O2. The molecule has 21 heavy (non-hydrogen) atoms. The Morgan fingerprint density at radius 3 is 2.14 bits per heavy atom. The summed E-state index contributed by atoms with van der Waals surface area (Å²) in [5.74, 6) is 0.219. The number of rotatable bonds is 2. The molecule has 1 aliphatic rings. The molecule has 0 N–H and O–H groups in total. The van der Waals surface area contributed by atoms with Crippen LogP contribution in [0.1, 0.15) is 29.8 Å². The zero-order chi connectivity index (χ0) is 15.6. The number of amides is 2. The van der Waals surface area contributed by atoms with E-state index in [1.807, 2.05) is 48.8 Å². The molecule has 0 unspecified atom stereocenters. The second-order valence-corrected chi connectivity index (χ2v) is 6.71. The first-order chi connectivity index (χ1) is 9.88. The van der Waals surface area contributed by atoms with Crippen molar-refractivity contribution in [2.75, 3.05) is 26.2 Å². The van der Waals surface area contributed by atoms with E-state index in [0.717, 1.165) is 10.0 Å². The first kappa shape index (κ1) is 16.0. The van der Waals surface area contributed by atoms with Gasteiger partial charge in [-0.25, -0.2) is 0 Å². The quantitative estimate of drug-likeness (QED) is 0.820. The minimum Gasteiger partial charge on any atom is -0.339 e. The Bertz CT molecular complexity index is 529. The predicted octanol–water partition coefficient (Wildman–Crippen LogP) is 2.70.